The molecule has 0 bridgehead atoms. The van der Waals surface area contributed by atoms with Crippen LogP contribution in [0.1, 0.15) is 18.9 Å². The molecule has 0 saturated carbocycles. The predicted molar refractivity (Wildman–Crippen MR) is 83.6 cm³/mol. The number of halogens is 1. The van der Waals surface area contributed by atoms with Crippen LogP contribution in [-0.4, -0.2) is 18.6 Å². The number of hydrogen-bond acceptors (Lipinski definition) is 2. The summed E-state index contributed by atoms with van der Waals surface area (Å²) in [7, 11) is 0. The normalized spacial score (nSPS) is 16.8. The standard InChI is InChI=1S/C18H18FNO2/c1-2-15-12-20(16-5-3-4-6-17(16)22-15)18(21)11-13-7-9-14(19)10-8-13/h3-10,15H,2,11-12H2,1H3. The van der Waals surface area contributed by atoms with Crippen molar-refractivity contribution in [1.29, 1.82) is 0 Å². The minimum Gasteiger partial charge on any atom is -0.486 e. The summed E-state index contributed by atoms with van der Waals surface area (Å²) in [6.07, 6.45) is 1.10. The molecule has 1 amide bonds. The van der Waals surface area contributed by atoms with Crippen LogP contribution in [0.25, 0.3) is 0 Å². The number of benzene rings is 2. The summed E-state index contributed by atoms with van der Waals surface area (Å²) in [4.78, 5) is 14.4. The highest BCUT2D eigenvalue weighted by atomic mass is 19.1. The second-order valence-electron chi connectivity index (χ2n) is 5.42. The molecule has 0 radical (unpaired) electrons. The van der Waals surface area contributed by atoms with Crippen LogP contribution < -0.4 is 9.64 Å². The third-order valence-electron chi connectivity index (χ3n) is 3.86. The Labute approximate surface area is 129 Å². The van der Waals surface area contributed by atoms with Gasteiger partial charge in [0.15, 0.2) is 0 Å². The lowest BCUT2D eigenvalue weighted by molar-refractivity contribution is -0.118. The van der Waals surface area contributed by atoms with Crippen molar-refractivity contribution in [2.75, 3.05) is 11.4 Å². The number of fused-ring (bicyclic) bond motifs is 1. The number of carbonyl (C=O) groups is 1. The summed E-state index contributed by atoms with van der Waals surface area (Å²) in [5, 5.41) is 0. The van der Waals surface area contributed by atoms with Crippen LogP contribution in [0.5, 0.6) is 5.75 Å². The Morgan fingerprint density at radius 1 is 1.23 bits per heavy atom. The molecule has 1 aliphatic rings. The Morgan fingerprint density at radius 2 is 1.95 bits per heavy atom. The fourth-order valence-electron chi connectivity index (χ4n) is 2.62. The molecule has 1 aliphatic heterocycles. The second kappa shape index (κ2) is 6.18. The second-order valence-corrected chi connectivity index (χ2v) is 5.42. The first-order valence-electron chi connectivity index (χ1n) is 7.48. The van der Waals surface area contributed by atoms with Gasteiger partial charge in [-0.1, -0.05) is 31.2 Å². The van der Waals surface area contributed by atoms with E-state index < -0.39 is 0 Å². The highest BCUT2D eigenvalue weighted by molar-refractivity contribution is 5.96. The van der Waals surface area contributed by atoms with E-state index in [9.17, 15) is 9.18 Å². The monoisotopic (exact) mass is 299 g/mol. The number of carbonyl (C=O) groups excluding carboxylic acids is 1. The van der Waals surface area contributed by atoms with Gasteiger partial charge in [-0.25, -0.2) is 4.39 Å². The minimum atomic E-state index is -0.293. The summed E-state index contributed by atoms with van der Waals surface area (Å²) in [5.41, 5.74) is 1.61. The average Bonchev–Trinajstić information content (AvgIpc) is 2.55. The molecule has 4 heteroatoms. The number of ether oxygens (including phenoxy) is 1. The third-order valence-corrected chi connectivity index (χ3v) is 3.86. The van der Waals surface area contributed by atoms with Gasteiger partial charge in [0.05, 0.1) is 18.7 Å². The van der Waals surface area contributed by atoms with E-state index in [0.717, 1.165) is 23.4 Å². The summed E-state index contributed by atoms with van der Waals surface area (Å²) < 4.78 is 18.8. The summed E-state index contributed by atoms with van der Waals surface area (Å²) >= 11 is 0. The molecule has 1 unspecified atom stereocenters. The molecule has 0 fully saturated rings. The lowest BCUT2D eigenvalue weighted by Gasteiger charge is -2.34. The molecule has 114 valence electrons. The van der Waals surface area contributed by atoms with Crippen LogP contribution in [0, 0.1) is 5.82 Å². The van der Waals surface area contributed by atoms with Crippen molar-refractivity contribution in [3.8, 4) is 5.75 Å². The molecule has 0 aliphatic carbocycles. The fourth-order valence-corrected chi connectivity index (χ4v) is 2.62. The first-order chi connectivity index (χ1) is 10.7. The molecule has 0 saturated heterocycles. The fraction of sp³-hybridized carbons (Fsp3) is 0.278. The Bertz CT molecular complexity index is 669. The molecule has 2 aromatic carbocycles. The van der Waals surface area contributed by atoms with Crippen molar-refractivity contribution < 1.29 is 13.9 Å². The van der Waals surface area contributed by atoms with Gasteiger partial charge >= 0.3 is 0 Å². The topological polar surface area (TPSA) is 29.5 Å². The van der Waals surface area contributed by atoms with E-state index in [1.165, 1.54) is 12.1 Å². The number of para-hydroxylation sites is 2. The van der Waals surface area contributed by atoms with Crippen molar-refractivity contribution in [3.63, 3.8) is 0 Å². The molecule has 1 atom stereocenters. The number of amides is 1. The van der Waals surface area contributed by atoms with Crippen LogP contribution in [0.3, 0.4) is 0 Å². The first-order valence-corrected chi connectivity index (χ1v) is 7.48. The number of hydrogen-bond donors (Lipinski definition) is 0. The van der Waals surface area contributed by atoms with E-state index in [4.69, 9.17) is 4.74 Å². The molecule has 3 nitrogen and oxygen atoms in total. The van der Waals surface area contributed by atoms with E-state index in [2.05, 4.69) is 0 Å². The van der Waals surface area contributed by atoms with Crippen molar-refractivity contribution in [2.45, 2.75) is 25.9 Å². The van der Waals surface area contributed by atoms with E-state index in [-0.39, 0.29) is 24.2 Å². The first kappa shape index (κ1) is 14.6. The largest absolute Gasteiger partial charge is 0.486 e. The maximum absolute atomic E-state index is 13.0. The summed E-state index contributed by atoms with van der Waals surface area (Å²) in [5.74, 6) is 0.452. The van der Waals surface area contributed by atoms with E-state index in [0.29, 0.717) is 6.54 Å². The zero-order valence-electron chi connectivity index (χ0n) is 12.5. The molecule has 2 aromatic rings. The molecule has 22 heavy (non-hydrogen) atoms. The zero-order valence-corrected chi connectivity index (χ0v) is 12.5. The van der Waals surface area contributed by atoms with Crippen LogP contribution >= 0.6 is 0 Å². The van der Waals surface area contributed by atoms with Gasteiger partial charge in [-0.15, -0.1) is 0 Å². The van der Waals surface area contributed by atoms with E-state index >= 15 is 0 Å². The smallest absolute Gasteiger partial charge is 0.231 e. The molecule has 3 rings (SSSR count). The quantitative estimate of drug-likeness (QED) is 0.867. The zero-order chi connectivity index (χ0) is 15.5. The highest BCUT2D eigenvalue weighted by Crippen LogP contribution is 2.34. The molecule has 0 aromatic heterocycles. The Morgan fingerprint density at radius 3 is 2.68 bits per heavy atom. The lowest BCUT2D eigenvalue weighted by Crippen LogP contribution is -2.44. The molecular weight excluding hydrogens is 281 g/mol. The molecule has 0 N–H and O–H groups in total. The van der Waals surface area contributed by atoms with Crippen molar-refractivity contribution in [3.05, 3.63) is 59.9 Å². The van der Waals surface area contributed by atoms with Crippen molar-refractivity contribution in [1.82, 2.24) is 0 Å². The van der Waals surface area contributed by atoms with Crippen LogP contribution in [0.4, 0.5) is 10.1 Å². The Balaban J connectivity index is 1.83. The van der Waals surface area contributed by atoms with Crippen LogP contribution in [0.2, 0.25) is 0 Å². The van der Waals surface area contributed by atoms with Gasteiger partial charge < -0.3 is 9.64 Å². The number of nitrogens with zero attached hydrogens (tertiary/aromatic N) is 1. The van der Waals surface area contributed by atoms with Gasteiger partial charge in [-0.2, -0.15) is 0 Å². The van der Waals surface area contributed by atoms with Gasteiger partial charge in [-0.3, -0.25) is 4.79 Å². The summed E-state index contributed by atoms with van der Waals surface area (Å²) in [6, 6.07) is 13.6. The average molecular weight is 299 g/mol. The minimum absolute atomic E-state index is 0.000748. The molecule has 0 spiro atoms. The van der Waals surface area contributed by atoms with Gasteiger partial charge in [0.2, 0.25) is 5.91 Å². The van der Waals surface area contributed by atoms with Gasteiger partial charge in [0.25, 0.3) is 0 Å². The van der Waals surface area contributed by atoms with E-state index in [1.54, 1.807) is 17.0 Å². The number of anilines is 1. The van der Waals surface area contributed by atoms with Gasteiger partial charge in [0, 0.05) is 0 Å². The predicted octanol–water partition coefficient (Wildman–Crippen LogP) is 3.57. The third kappa shape index (κ3) is 2.96. The maximum Gasteiger partial charge on any atom is 0.231 e. The van der Waals surface area contributed by atoms with Crippen molar-refractivity contribution in [2.24, 2.45) is 0 Å². The number of rotatable bonds is 3. The summed E-state index contributed by atoms with van der Waals surface area (Å²) in [6.45, 7) is 2.59. The van der Waals surface area contributed by atoms with Gasteiger partial charge in [0.1, 0.15) is 17.7 Å². The highest BCUT2D eigenvalue weighted by Gasteiger charge is 2.28. The van der Waals surface area contributed by atoms with Crippen LogP contribution in [-0.2, 0) is 11.2 Å². The molecule has 1 heterocycles. The van der Waals surface area contributed by atoms with Crippen LogP contribution in [0.15, 0.2) is 48.5 Å². The molecular formula is C18H18FNO2. The Kier molecular flexibility index (Phi) is 4.09. The van der Waals surface area contributed by atoms with E-state index in [1.807, 2.05) is 31.2 Å². The Hall–Kier alpha value is -2.36. The SMILES string of the molecule is CCC1CN(C(=O)Cc2ccc(F)cc2)c2ccccc2O1. The maximum atomic E-state index is 13.0. The van der Waals surface area contributed by atoms with Crippen molar-refractivity contribution >= 4 is 11.6 Å². The van der Waals surface area contributed by atoms with Gasteiger partial charge in [-0.05, 0) is 36.2 Å². The lowest BCUT2D eigenvalue weighted by atomic mass is 10.1.